The lowest BCUT2D eigenvalue weighted by Gasteiger charge is -2.16. The molecule has 0 bridgehead atoms. The number of hydrogen-bond acceptors (Lipinski definition) is 2. The van der Waals surface area contributed by atoms with Crippen molar-refractivity contribution in [2.45, 2.75) is 34.1 Å². The summed E-state index contributed by atoms with van der Waals surface area (Å²) in [5.41, 5.74) is 4.10. The fraction of sp³-hybridized carbons (Fsp3) is 0.429. The molecular weight excluding hydrogens is 212 g/mol. The molecule has 2 rings (SSSR count). The number of carbonyl (C=O) groups excluding carboxylic acids is 1. The summed E-state index contributed by atoms with van der Waals surface area (Å²) < 4.78 is 0. The average molecular weight is 230 g/mol. The zero-order valence-electron chi connectivity index (χ0n) is 10.8. The molecule has 1 heterocycles. The Kier molecular flexibility index (Phi) is 3.01. The van der Waals surface area contributed by atoms with Gasteiger partial charge in [-0.3, -0.25) is 4.79 Å². The van der Waals surface area contributed by atoms with Gasteiger partial charge in [-0.05, 0) is 38.8 Å². The average Bonchev–Trinajstić information content (AvgIpc) is 2.54. The summed E-state index contributed by atoms with van der Waals surface area (Å²) in [6.45, 7) is 8.01. The van der Waals surface area contributed by atoms with Crippen LogP contribution < -0.4 is 5.01 Å². The number of amides is 1. The molecule has 0 N–H and O–H groups in total. The standard InChI is InChI=1S/C14H18N2O/c1-5-12-11(4)15-16(14(12)17)13-7-6-9(2)8-10(13)3/h6-8,12H,5H2,1-4H3/t12-/m0/s1. The van der Waals surface area contributed by atoms with Crippen LogP contribution in [0.4, 0.5) is 5.69 Å². The minimum Gasteiger partial charge on any atom is -0.272 e. The lowest BCUT2D eigenvalue weighted by molar-refractivity contribution is -0.119. The fourth-order valence-electron chi connectivity index (χ4n) is 2.29. The minimum absolute atomic E-state index is 0.0456. The number of benzene rings is 1. The van der Waals surface area contributed by atoms with Crippen molar-refractivity contribution in [2.75, 3.05) is 5.01 Å². The maximum absolute atomic E-state index is 12.2. The van der Waals surface area contributed by atoms with Crippen molar-refractivity contribution in [1.29, 1.82) is 0 Å². The van der Waals surface area contributed by atoms with E-state index in [1.54, 1.807) is 5.01 Å². The van der Waals surface area contributed by atoms with Gasteiger partial charge in [0.2, 0.25) is 0 Å². The first-order valence-electron chi connectivity index (χ1n) is 6.01. The van der Waals surface area contributed by atoms with Gasteiger partial charge in [-0.15, -0.1) is 0 Å². The molecule has 0 fully saturated rings. The van der Waals surface area contributed by atoms with Crippen molar-refractivity contribution in [3.63, 3.8) is 0 Å². The number of anilines is 1. The molecule has 1 aliphatic rings. The molecule has 0 spiro atoms. The van der Waals surface area contributed by atoms with Crippen molar-refractivity contribution in [2.24, 2.45) is 11.0 Å². The maximum Gasteiger partial charge on any atom is 0.256 e. The van der Waals surface area contributed by atoms with Crippen LogP contribution in [0, 0.1) is 19.8 Å². The van der Waals surface area contributed by atoms with Crippen molar-refractivity contribution < 1.29 is 4.79 Å². The van der Waals surface area contributed by atoms with Crippen molar-refractivity contribution in [3.05, 3.63) is 29.3 Å². The van der Waals surface area contributed by atoms with E-state index in [4.69, 9.17) is 0 Å². The molecule has 17 heavy (non-hydrogen) atoms. The summed E-state index contributed by atoms with van der Waals surface area (Å²) >= 11 is 0. The van der Waals surface area contributed by atoms with Crippen LogP contribution in [0.1, 0.15) is 31.4 Å². The van der Waals surface area contributed by atoms with Gasteiger partial charge in [0.25, 0.3) is 5.91 Å². The molecular formula is C14H18N2O. The van der Waals surface area contributed by atoms with E-state index < -0.39 is 0 Å². The Morgan fingerprint density at radius 1 is 1.29 bits per heavy atom. The predicted octanol–water partition coefficient (Wildman–Crippen LogP) is 3.05. The van der Waals surface area contributed by atoms with E-state index >= 15 is 0 Å². The zero-order valence-corrected chi connectivity index (χ0v) is 10.8. The topological polar surface area (TPSA) is 32.7 Å². The second-order valence-corrected chi connectivity index (χ2v) is 4.64. The first kappa shape index (κ1) is 11.8. The van der Waals surface area contributed by atoms with Crippen molar-refractivity contribution >= 4 is 17.3 Å². The molecule has 0 saturated heterocycles. The summed E-state index contributed by atoms with van der Waals surface area (Å²) in [6, 6.07) is 6.06. The largest absolute Gasteiger partial charge is 0.272 e. The normalized spacial score (nSPS) is 19.8. The van der Waals surface area contributed by atoms with Gasteiger partial charge in [0.15, 0.2) is 0 Å². The first-order chi connectivity index (χ1) is 8.04. The molecule has 0 radical (unpaired) electrons. The third-order valence-electron chi connectivity index (χ3n) is 3.26. The fourth-order valence-corrected chi connectivity index (χ4v) is 2.29. The highest BCUT2D eigenvalue weighted by Gasteiger charge is 2.33. The number of nitrogens with zero attached hydrogens (tertiary/aromatic N) is 2. The van der Waals surface area contributed by atoms with Gasteiger partial charge in [0.1, 0.15) is 0 Å². The molecule has 1 aromatic rings. The van der Waals surface area contributed by atoms with Gasteiger partial charge < -0.3 is 0 Å². The van der Waals surface area contributed by atoms with Crippen LogP contribution >= 0.6 is 0 Å². The van der Waals surface area contributed by atoms with Gasteiger partial charge in [0.05, 0.1) is 11.6 Å². The van der Waals surface area contributed by atoms with Crippen LogP contribution in [0.5, 0.6) is 0 Å². The first-order valence-corrected chi connectivity index (χ1v) is 6.01. The van der Waals surface area contributed by atoms with Crippen LogP contribution in [-0.2, 0) is 4.79 Å². The summed E-state index contributed by atoms with van der Waals surface area (Å²) in [5.74, 6) is 0.0488. The van der Waals surface area contributed by atoms with Gasteiger partial charge >= 0.3 is 0 Å². The highest BCUT2D eigenvalue weighted by molar-refractivity contribution is 6.14. The second-order valence-electron chi connectivity index (χ2n) is 4.64. The van der Waals surface area contributed by atoms with Crippen LogP contribution in [0.3, 0.4) is 0 Å². The Labute approximate surface area is 102 Å². The third-order valence-corrected chi connectivity index (χ3v) is 3.26. The van der Waals surface area contributed by atoms with Gasteiger partial charge in [-0.2, -0.15) is 10.1 Å². The number of aryl methyl sites for hydroxylation is 2. The van der Waals surface area contributed by atoms with E-state index in [9.17, 15) is 4.79 Å². The molecule has 1 atom stereocenters. The number of hydrazone groups is 1. The van der Waals surface area contributed by atoms with E-state index in [1.807, 2.05) is 39.8 Å². The van der Waals surface area contributed by atoms with Gasteiger partial charge in [-0.1, -0.05) is 24.6 Å². The summed E-state index contributed by atoms with van der Waals surface area (Å²) in [5, 5.41) is 5.94. The highest BCUT2D eigenvalue weighted by atomic mass is 16.2. The van der Waals surface area contributed by atoms with E-state index in [0.717, 1.165) is 23.4 Å². The summed E-state index contributed by atoms with van der Waals surface area (Å²) in [4.78, 5) is 12.2. The lowest BCUT2D eigenvalue weighted by atomic mass is 10.0. The number of rotatable bonds is 2. The second kappa shape index (κ2) is 4.32. The Morgan fingerprint density at radius 2 is 2.00 bits per heavy atom. The third kappa shape index (κ3) is 1.97. The van der Waals surface area contributed by atoms with Gasteiger partial charge in [0, 0.05) is 5.71 Å². The van der Waals surface area contributed by atoms with Crippen LogP contribution in [-0.4, -0.2) is 11.6 Å². The molecule has 3 nitrogen and oxygen atoms in total. The quantitative estimate of drug-likeness (QED) is 0.768. The Bertz CT molecular complexity index is 491. The minimum atomic E-state index is -0.0456. The molecule has 1 amide bonds. The summed E-state index contributed by atoms with van der Waals surface area (Å²) in [6.07, 6.45) is 0.815. The molecule has 0 aliphatic carbocycles. The Balaban J connectivity index is 2.39. The lowest BCUT2D eigenvalue weighted by Crippen LogP contribution is -2.27. The van der Waals surface area contributed by atoms with Crippen LogP contribution in [0.15, 0.2) is 23.3 Å². The Morgan fingerprint density at radius 3 is 2.53 bits per heavy atom. The monoisotopic (exact) mass is 230 g/mol. The molecule has 0 unspecified atom stereocenters. The predicted molar refractivity (Wildman–Crippen MR) is 70.3 cm³/mol. The molecule has 1 aromatic carbocycles. The highest BCUT2D eigenvalue weighted by Crippen LogP contribution is 2.28. The van der Waals surface area contributed by atoms with Crippen molar-refractivity contribution in [3.8, 4) is 0 Å². The van der Waals surface area contributed by atoms with E-state index in [-0.39, 0.29) is 11.8 Å². The van der Waals surface area contributed by atoms with Gasteiger partial charge in [-0.25, -0.2) is 0 Å². The maximum atomic E-state index is 12.2. The number of carbonyl (C=O) groups is 1. The molecule has 1 aliphatic heterocycles. The molecule has 90 valence electrons. The molecule has 0 saturated carbocycles. The zero-order chi connectivity index (χ0) is 12.6. The number of hydrogen-bond donors (Lipinski definition) is 0. The van der Waals surface area contributed by atoms with E-state index in [0.29, 0.717) is 0 Å². The van der Waals surface area contributed by atoms with E-state index in [2.05, 4.69) is 11.2 Å². The smallest absolute Gasteiger partial charge is 0.256 e. The van der Waals surface area contributed by atoms with Crippen LogP contribution in [0.2, 0.25) is 0 Å². The molecule has 3 heteroatoms. The van der Waals surface area contributed by atoms with Crippen LogP contribution in [0.25, 0.3) is 0 Å². The van der Waals surface area contributed by atoms with E-state index in [1.165, 1.54) is 5.56 Å². The Hall–Kier alpha value is -1.64. The molecule has 0 aromatic heterocycles. The van der Waals surface area contributed by atoms with Crippen molar-refractivity contribution in [1.82, 2.24) is 0 Å². The SMILES string of the molecule is CC[C@@H]1C(=O)N(c2ccc(C)cc2C)N=C1C. The summed E-state index contributed by atoms with van der Waals surface area (Å²) in [7, 11) is 0.